The third-order valence-corrected chi connectivity index (χ3v) is 8.24. The summed E-state index contributed by atoms with van der Waals surface area (Å²) in [6.45, 7) is -1.82. The molecule has 1 unspecified atom stereocenters. The number of carbonyl (C=O) groups excluding carboxylic acids is 2. The van der Waals surface area contributed by atoms with Crippen LogP contribution < -0.4 is 4.74 Å². The lowest BCUT2D eigenvalue weighted by Crippen LogP contribution is -2.57. The number of likely N-dealkylation sites (tertiary alicyclic amines) is 1. The van der Waals surface area contributed by atoms with Gasteiger partial charge >= 0.3 is 6.61 Å². The van der Waals surface area contributed by atoms with Crippen LogP contribution in [0.4, 0.5) is 8.78 Å². The summed E-state index contributed by atoms with van der Waals surface area (Å²) in [4.78, 5) is 30.7. The van der Waals surface area contributed by atoms with Gasteiger partial charge in [0, 0.05) is 20.1 Å². The molecule has 7 heteroatoms. The molecule has 1 heterocycles. The van der Waals surface area contributed by atoms with E-state index in [1.807, 2.05) is 4.90 Å². The Kier molecular flexibility index (Phi) is 5.62. The van der Waals surface area contributed by atoms with Crippen LogP contribution in [0.2, 0.25) is 0 Å². The summed E-state index contributed by atoms with van der Waals surface area (Å²) in [5.41, 5.74) is 0.607. The molecule has 5 nitrogen and oxygen atoms in total. The molecule has 5 fully saturated rings. The number of amides is 2. The third-order valence-electron chi connectivity index (χ3n) is 8.24. The van der Waals surface area contributed by atoms with Crippen molar-refractivity contribution >= 4 is 11.8 Å². The molecule has 6 rings (SSSR count). The van der Waals surface area contributed by atoms with Crippen LogP contribution in [-0.2, 0) is 16.1 Å². The SMILES string of the molecule is CN(Cc1ccc(OC(F)F)cc1)C(=O)C1CCCN1C(=O)C12CC3CC(CC(C3)C1)C2. The van der Waals surface area contributed by atoms with Crippen LogP contribution in [0.15, 0.2) is 24.3 Å². The normalized spacial score (nSPS) is 33.1. The summed E-state index contributed by atoms with van der Waals surface area (Å²) in [5, 5.41) is 0. The van der Waals surface area contributed by atoms with Crippen molar-refractivity contribution in [2.45, 2.75) is 70.6 Å². The lowest BCUT2D eigenvalue weighted by molar-refractivity contribution is -0.161. The third kappa shape index (κ3) is 3.99. The van der Waals surface area contributed by atoms with E-state index in [9.17, 15) is 18.4 Å². The number of halogens is 2. The molecule has 1 saturated heterocycles. The first-order chi connectivity index (χ1) is 15.3. The van der Waals surface area contributed by atoms with Gasteiger partial charge in [-0.05, 0) is 86.8 Å². The van der Waals surface area contributed by atoms with Crippen LogP contribution in [0.25, 0.3) is 0 Å². The summed E-state index contributed by atoms with van der Waals surface area (Å²) >= 11 is 0. The Bertz CT molecular complexity index is 837. The van der Waals surface area contributed by atoms with Gasteiger partial charge in [0.1, 0.15) is 11.8 Å². The summed E-state index contributed by atoms with van der Waals surface area (Å²) in [5.74, 6) is 2.38. The van der Waals surface area contributed by atoms with Crippen LogP contribution >= 0.6 is 0 Å². The second kappa shape index (κ2) is 8.31. The van der Waals surface area contributed by atoms with E-state index >= 15 is 0 Å². The molecule has 32 heavy (non-hydrogen) atoms. The van der Waals surface area contributed by atoms with Crippen LogP contribution in [-0.4, -0.2) is 47.9 Å². The number of rotatable bonds is 6. The summed E-state index contributed by atoms with van der Waals surface area (Å²) in [7, 11) is 1.75. The predicted molar refractivity (Wildman–Crippen MR) is 115 cm³/mol. The van der Waals surface area contributed by atoms with E-state index in [2.05, 4.69) is 4.74 Å². The number of ether oxygens (including phenoxy) is 1. The Labute approximate surface area is 188 Å². The Morgan fingerprint density at radius 1 is 1.09 bits per heavy atom. The minimum Gasteiger partial charge on any atom is -0.435 e. The Balaban J connectivity index is 1.25. The smallest absolute Gasteiger partial charge is 0.387 e. The Morgan fingerprint density at radius 2 is 1.69 bits per heavy atom. The molecule has 1 atom stereocenters. The topological polar surface area (TPSA) is 49.9 Å². The molecule has 4 bridgehead atoms. The van der Waals surface area contributed by atoms with E-state index < -0.39 is 6.61 Å². The predicted octanol–water partition coefficient (Wildman–Crippen LogP) is 4.45. The van der Waals surface area contributed by atoms with Gasteiger partial charge in [-0.1, -0.05) is 12.1 Å². The highest BCUT2D eigenvalue weighted by Crippen LogP contribution is 2.60. The molecule has 174 valence electrons. The Hall–Kier alpha value is -2.18. The monoisotopic (exact) mass is 446 g/mol. The fourth-order valence-corrected chi connectivity index (χ4v) is 7.33. The first-order valence-electron chi connectivity index (χ1n) is 11.9. The van der Waals surface area contributed by atoms with Gasteiger partial charge in [0.15, 0.2) is 0 Å². The number of hydrogen-bond donors (Lipinski definition) is 0. The Morgan fingerprint density at radius 3 is 2.25 bits per heavy atom. The van der Waals surface area contributed by atoms with E-state index in [0.717, 1.165) is 31.2 Å². The second-order valence-corrected chi connectivity index (χ2v) is 10.6. The van der Waals surface area contributed by atoms with Gasteiger partial charge < -0.3 is 14.5 Å². The van der Waals surface area contributed by atoms with Gasteiger partial charge in [0.05, 0.1) is 5.41 Å². The van der Waals surface area contributed by atoms with Gasteiger partial charge in [-0.2, -0.15) is 8.78 Å². The lowest BCUT2D eigenvalue weighted by Gasteiger charge is -2.56. The second-order valence-electron chi connectivity index (χ2n) is 10.6. The fraction of sp³-hybridized carbons (Fsp3) is 0.680. The van der Waals surface area contributed by atoms with Crippen molar-refractivity contribution in [3.05, 3.63) is 29.8 Å². The number of benzene rings is 1. The van der Waals surface area contributed by atoms with E-state index in [-0.39, 0.29) is 29.0 Å². The van der Waals surface area contributed by atoms with Crippen LogP contribution in [0.5, 0.6) is 5.75 Å². The van der Waals surface area contributed by atoms with Crippen LogP contribution in [0, 0.1) is 23.2 Å². The van der Waals surface area contributed by atoms with E-state index in [4.69, 9.17) is 0 Å². The van der Waals surface area contributed by atoms with E-state index in [1.165, 1.54) is 31.4 Å². The van der Waals surface area contributed by atoms with Crippen molar-refractivity contribution < 1.29 is 23.1 Å². The van der Waals surface area contributed by atoms with Crippen molar-refractivity contribution in [3.8, 4) is 5.75 Å². The van der Waals surface area contributed by atoms with Crippen molar-refractivity contribution in [1.29, 1.82) is 0 Å². The summed E-state index contributed by atoms with van der Waals surface area (Å²) < 4.78 is 29.1. The maximum atomic E-state index is 13.8. The number of alkyl halides is 2. The highest BCUT2D eigenvalue weighted by Gasteiger charge is 2.56. The fourth-order valence-electron chi connectivity index (χ4n) is 7.33. The van der Waals surface area contributed by atoms with Gasteiger partial charge in [0.2, 0.25) is 11.8 Å². The summed E-state index contributed by atoms with van der Waals surface area (Å²) in [6.07, 6.45) is 8.48. The summed E-state index contributed by atoms with van der Waals surface area (Å²) in [6, 6.07) is 5.96. The molecule has 4 saturated carbocycles. The number of nitrogens with zero attached hydrogens (tertiary/aromatic N) is 2. The van der Waals surface area contributed by atoms with Gasteiger partial charge in [-0.3, -0.25) is 9.59 Å². The standard InChI is InChI=1S/C25H32F2N2O3/c1-28(15-16-4-6-20(7-5-16)32-24(26)27)22(30)21-3-2-8-29(21)23(31)25-12-17-9-18(13-25)11-19(10-17)14-25/h4-7,17-19,21,24H,2-3,8-15H2,1H3. The van der Waals surface area contributed by atoms with Crippen molar-refractivity contribution in [2.75, 3.05) is 13.6 Å². The zero-order chi connectivity index (χ0) is 22.5. The average Bonchev–Trinajstić information content (AvgIpc) is 3.22. The quantitative estimate of drug-likeness (QED) is 0.649. The molecular weight excluding hydrogens is 414 g/mol. The molecule has 5 aliphatic rings. The molecule has 1 aromatic carbocycles. The molecule has 0 radical (unpaired) electrons. The van der Waals surface area contributed by atoms with Crippen molar-refractivity contribution in [2.24, 2.45) is 23.2 Å². The zero-order valence-corrected chi connectivity index (χ0v) is 18.6. The molecule has 2 amide bonds. The first kappa shape index (κ1) is 21.7. The van der Waals surface area contributed by atoms with Crippen LogP contribution in [0.3, 0.4) is 0 Å². The van der Waals surface area contributed by atoms with E-state index in [1.54, 1.807) is 24.1 Å². The minimum absolute atomic E-state index is 0.0338. The highest BCUT2D eigenvalue weighted by atomic mass is 19.3. The molecule has 0 N–H and O–H groups in total. The first-order valence-corrected chi connectivity index (χ1v) is 11.9. The number of hydrogen-bond acceptors (Lipinski definition) is 3. The average molecular weight is 447 g/mol. The zero-order valence-electron chi connectivity index (χ0n) is 18.6. The largest absolute Gasteiger partial charge is 0.435 e. The maximum Gasteiger partial charge on any atom is 0.387 e. The van der Waals surface area contributed by atoms with Gasteiger partial charge in [-0.15, -0.1) is 0 Å². The maximum absolute atomic E-state index is 13.8. The van der Waals surface area contributed by atoms with E-state index in [0.29, 0.717) is 37.3 Å². The van der Waals surface area contributed by atoms with Gasteiger partial charge in [-0.25, -0.2) is 0 Å². The molecule has 0 aromatic heterocycles. The van der Waals surface area contributed by atoms with Crippen molar-refractivity contribution in [1.82, 2.24) is 9.80 Å². The highest BCUT2D eigenvalue weighted by molar-refractivity contribution is 5.91. The lowest BCUT2D eigenvalue weighted by atomic mass is 9.49. The molecule has 4 aliphatic carbocycles. The van der Waals surface area contributed by atoms with Crippen molar-refractivity contribution in [3.63, 3.8) is 0 Å². The molecule has 0 spiro atoms. The minimum atomic E-state index is -2.86. The molecule has 1 aliphatic heterocycles. The molecule has 1 aromatic rings. The number of carbonyl (C=O) groups is 2. The van der Waals surface area contributed by atoms with Gasteiger partial charge in [0.25, 0.3) is 0 Å². The molecular formula is C25H32F2N2O3. The van der Waals surface area contributed by atoms with Crippen LogP contribution in [0.1, 0.15) is 56.9 Å². The number of likely N-dealkylation sites (N-methyl/N-ethyl adjacent to an activating group) is 1.